The topological polar surface area (TPSA) is 124 Å². The number of carbonyl (C=O) groups is 2. The van der Waals surface area contributed by atoms with Crippen molar-refractivity contribution in [2.24, 2.45) is 11.1 Å². The van der Waals surface area contributed by atoms with E-state index in [0.29, 0.717) is 68.4 Å². The molecule has 0 unspecified atom stereocenters. The van der Waals surface area contributed by atoms with Crippen LogP contribution in [0.5, 0.6) is 11.5 Å². The van der Waals surface area contributed by atoms with Crippen molar-refractivity contribution in [3.63, 3.8) is 0 Å². The van der Waals surface area contributed by atoms with Crippen molar-refractivity contribution >= 4 is 11.9 Å². The zero-order valence-corrected chi connectivity index (χ0v) is 19.7. The van der Waals surface area contributed by atoms with Crippen molar-refractivity contribution in [3.8, 4) is 17.6 Å². The quantitative estimate of drug-likeness (QED) is 0.715. The van der Waals surface area contributed by atoms with Crippen LogP contribution in [0.25, 0.3) is 0 Å². The number of morpholine rings is 1. The monoisotopic (exact) mass is 467 g/mol. The molecule has 0 radical (unpaired) electrons. The van der Waals surface area contributed by atoms with Gasteiger partial charge in [-0.15, -0.1) is 0 Å². The number of carbonyl (C=O) groups excluding carboxylic acids is 2. The number of Topliss-reactive ketones (excluding diaryl/α,β-unsaturated/α-hetero) is 1. The molecule has 1 aromatic carbocycles. The van der Waals surface area contributed by atoms with Crippen molar-refractivity contribution in [2.75, 3.05) is 32.9 Å². The summed E-state index contributed by atoms with van der Waals surface area (Å²) < 4.78 is 22.4. The number of benzene rings is 1. The summed E-state index contributed by atoms with van der Waals surface area (Å²) in [7, 11) is 0. The SMILES string of the molecule is CCOc1cc([C@@H]2C(C#N)=C(N)OC3=C2C(=O)CC(C)(C)C3)ccc1OC(=O)N1CCOCC1. The maximum Gasteiger partial charge on any atom is 0.415 e. The van der Waals surface area contributed by atoms with Crippen LogP contribution in [0.3, 0.4) is 0 Å². The van der Waals surface area contributed by atoms with Crippen molar-refractivity contribution in [1.29, 1.82) is 5.26 Å². The maximum atomic E-state index is 13.2. The minimum atomic E-state index is -0.680. The minimum Gasteiger partial charge on any atom is -0.490 e. The largest absolute Gasteiger partial charge is 0.490 e. The van der Waals surface area contributed by atoms with E-state index in [9.17, 15) is 14.9 Å². The Bertz CT molecular complexity index is 1110. The van der Waals surface area contributed by atoms with Gasteiger partial charge in [0.25, 0.3) is 0 Å². The molecule has 2 heterocycles. The molecule has 2 N–H and O–H groups in total. The number of ketones is 1. The molecule has 0 spiro atoms. The number of ether oxygens (including phenoxy) is 4. The van der Waals surface area contributed by atoms with E-state index in [1.54, 1.807) is 23.1 Å². The summed E-state index contributed by atoms with van der Waals surface area (Å²) in [4.78, 5) is 27.3. The fourth-order valence-electron chi connectivity index (χ4n) is 4.58. The fraction of sp³-hybridized carbons (Fsp3) is 0.480. The van der Waals surface area contributed by atoms with E-state index in [2.05, 4.69) is 6.07 Å². The van der Waals surface area contributed by atoms with Crippen molar-refractivity contribution in [1.82, 2.24) is 4.90 Å². The molecule has 9 heteroatoms. The zero-order chi connectivity index (χ0) is 24.5. The average molecular weight is 468 g/mol. The molecule has 34 heavy (non-hydrogen) atoms. The molecule has 0 saturated carbocycles. The summed E-state index contributed by atoms with van der Waals surface area (Å²) in [6.45, 7) is 7.98. The van der Waals surface area contributed by atoms with Crippen LogP contribution in [0.15, 0.2) is 41.0 Å². The van der Waals surface area contributed by atoms with Crippen molar-refractivity contribution in [3.05, 3.63) is 46.6 Å². The molecule has 1 saturated heterocycles. The Labute approximate surface area is 198 Å². The van der Waals surface area contributed by atoms with Crippen LogP contribution in [0, 0.1) is 16.7 Å². The first-order valence-corrected chi connectivity index (χ1v) is 11.4. The standard InChI is InChI=1S/C25H29N3O6/c1-4-32-19-11-15(5-6-18(19)34-24(30)28-7-9-31-10-8-28)21-16(14-26)23(27)33-20-13-25(2,3)12-17(29)22(20)21/h5-6,11,21H,4,7-10,12-13,27H2,1-3H3/t21-/m1/s1. The number of rotatable bonds is 4. The zero-order valence-electron chi connectivity index (χ0n) is 19.7. The second kappa shape index (κ2) is 9.39. The molecule has 1 amide bonds. The molecule has 1 atom stereocenters. The van der Waals surface area contributed by atoms with Crippen LogP contribution in [-0.4, -0.2) is 49.7 Å². The third-order valence-electron chi connectivity index (χ3n) is 6.14. The van der Waals surface area contributed by atoms with E-state index in [1.165, 1.54) is 0 Å². The Morgan fingerprint density at radius 2 is 2.00 bits per heavy atom. The smallest absolute Gasteiger partial charge is 0.415 e. The van der Waals surface area contributed by atoms with Gasteiger partial charge in [-0.25, -0.2) is 4.79 Å². The highest BCUT2D eigenvalue weighted by molar-refractivity contribution is 6.00. The van der Waals surface area contributed by atoms with E-state index in [1.807, 2.05) is 20.8 Å². The Kier molecular flexibility index (Phi) is 6.53. The van der Waals surface area contributed by atoms with Crippen LogP contribution >= 0.6 is 0 Å². The number of allylic oxidation sites excluding steroid dienone is 3. The van der Waals surface area contributed by atoms with Gasteiger partial charge in [-0.1, -0.05) is 19.9 Å². The molecular weight excluding hydrogens is 438 g/mol. The number of nitrogens with two attached hydrogens (primary N) is 1. The second-order valence-electron chi connectivity index (χ2n) is 9.31. The van der Waals surface area contributed by atoms with Gasteiger partial charge in [-0.05, 0) is 30.0 Å². The lowest BCUT2D eigenvalue weighted by atomic mass is 9.70. The lowest BCUT2D eigenvalue weighted by Crippen LogP contribution is -2.42. The van der Waals surface area contributed by atoms with Crippen LogP contribution in [0.2, 0.25) is 0 Å². The van der Waals surface area contributed by atoms with Gasteiger partial charge < -0.3 is 29.6 Å². The highest BCUT2D eigenvalue weighted by Crippen LogP contribution is 2.48. The van der Waals surface area contributed by atoms with Crippen molar-refractivity contribution in [2.45, 2.75) is 39.5 Å². The number of hydrogen-bond acceptors (Lipinski definition) is 8. The Balaban J connectivity index is 1.71. The molecule has 3 aliphatic rings. The predicted molar refractivity (Wildman–Crippen MR) is 122 cm³/mol. The van der Waals surface area contributed by atoms with Gasteiger partial charge in [0, 0.05) is 31.5 Å². The van der Waals surface area contributed by atoms with Gasteiger partial charge in [0.1, 0.15) is 17.4 Å². The summed E-state index contributed by atoms with van der Waals surface area (Å²) >= 11 is 0. The molecule has 0 aromatic heterocycles. The van der Waals surface area contributed by atoms with E-state index in [-0.39, 0.29) is 28.4 Å². The van der Waals surface area contributed by atoms with E-state index >= 15 is 0 Å². The number of nitrogens with zero attached hydrogens (tertiary/aromatic N) is 2. The van der Waals surface area contributed by atoms with E-state index in [0.717, 1.165) is 0 Å². The Hall–Kier alpha value is -3.51. The average Bonchev–Trinajstić information content (AvgIpc) is 2.79. The highest BCUT2D eigenvalue weighted by atomic mass is 16.6. The number of nitriles is 1. The normalized spacial score (nSPS) is 22.0. The molecule has 1 fully saturated rings. The molecule has 0 bridgehead atoms. The van der Waals surface area contributed by atoms with Gasteiger partial charge in [0.2, 0.25) is 5.88 Å². The van der Waals surface area contributed by atoms with Gasteiger partial charge in [0.15, 0.2) is 17.3 Å². The molecule has 4 rings (SSSR count). The molecule has 180 valence electrons. The van der Waals surface area contributed by atoms with Crippen molar-refractivity contribution < 1.29 is 28.5 Å². The van der Waals surface area contributed by atoms with E-state index < -0.39 is 12.0 Å². The molecule has 1 aliphatic carbocycles. The first-order chi connectivity index (χ1) is 16.2. The number of hydrogen-bond donors (Lipinski definition) is 1. The first-order valence-electron chi connectivity index (χ1n) is 11.4. The Morgan fingerprint density at radius 3 is 2.68 bits per heavy atom. The second-order valence-corrected chi connectivity index (χ2v) is 9.31. The predicted octanol–water partition coefficient (Wildman–Crippen LogP) is 3.37. The Morgan fingerprint density at radius 1 is 1.26 bits per heavy atom. The van der Waals surface area contributed by atoms with Gasteiger partial charge in [-0.3, -0.25) is 4.79 Å². The third kappa shape index (κ3) is 4.59. The van der Waals surface area contributed by atoms with Crippen LogP contribution in [0.4, 0.5) is 4.79 Å². The summed E-state index contributed by atoms with van der Waals surface area (Å²) in [5.74, 6) is 0.350. The lowest BCUT2D eigenvalue weighted by molar-refractivity contribution is -0.119. The lowest BCUT2D eigenvalue weighted by Gasteiger charge is -2.37. The minimum absolute atomic E-state index is 0.00229. The summed E-state index contributed by atoms with van der Waals surface area (Å²) in [6.07, 6.45) is 0.398. The molecule has 2 aliphatic heterocycles. The van der Waals surface area contributed by atoms with Crippen LogP contribution in [0.1, 0.15) is 45.1 Å². The molecule has 9 nitrogen and oxygen atoms in total. The summed E-state index contributed by atoms with van der Waals surface area (Å²) in [5.41, 5.74) is 7.10. The van der Waals surface area contributed by atoms with Gasteiger partial charge in [0.05, 0.1) is 25.7 Å². The highest BCUT2D eigenvalue weighted by Gasteiger charge is 2.43. The third-order valence-corrected chi connectivity index (χ3v) is 6.14. The first kappa shape index (κ1) is 23.6. The van der Waals surface area contributed by atoms with E-state index in [4.69, 9.17) is 24.7 Å². The molecular formula is C25H29N3O6. The summed E-state index contributed by atoms with van der Waals surface area (Å²) in [6, 6.07) is 7.16. The van der Waals surface area contributed by atoms with Gasteiger partial charge in [-0.2, -0.15) is 5.26 Å². The van der Waals surface area contributed by atoms with Crippen LogP contribution < -0.4 is 15.2 Å². The molecule has 1 aromatic rings. The summed E-state index contributed by atoms with van der Waals surface area (Å²) in [5, 5.41) is 9.84. The fourth-order valence-corrected chi connectivity index (χ4v) is 4.58. The van der Waals surface area contributed by atoms with Crippen LogP contribution in [-0.2, 0) is 14.3 Å². The maximum absolute atomic E-state index is 13.2. The van der Waals surface area contributed by atoms with Gasteiger partial charge >= 0.3 is 6.09 Å². The number of amides is 1.